The van der Waals surface area contributed by atoms with Crippen molar-refractivity contribution in [2.24, 2.45) is 0 Å². The number of anilines is 1. The summed E-state index contributed by atoms with van der Waals surface area (Å²) in [6, 6.07) is 5.87. The second-order valence-corrected chi connectivity index (χ2v) is 6.31. The van der Waals surface area contributed by atoms with Gasteiger partial charge in [-0.3, -0.25) is 9.69 Å². The fraction of sp³-hybridized carbons (Fsp3) is 0.500. The number of hydrogen-bond acceptors (Lipinski definition) is 5. The number of aromatic nitrogens is 1. The molecule has 0 spiro atoms. The van der Waals surface area contributed by atoms with Crippen molar-refractivity contribution >= 4 is 32.6 Å². The van der Waals surface area contributed by atoms with E-state index in [4.69, 9.17) is 9.47 Å². The van der Waals surface area contributed by atoms with Crippen LogP contribution in [0.3, 0.4) is 0 Å². The molecule has 2 heterocycles. The maximum Gasteiger partial charge on any atom is 0.225 e. The number of nitrogens with zero attached hydrogens (tertiary/aromatic N) is 2. The van der Waals surface area contributed by atoms with Crippen LogP contribution in [0.15, 0.2) is 18.2 Å². The summed E-state index contributed by atoms with van der Waals surface area (Å²) >= 11 is 1.52. The van der Waals surface area contributed by atoms with E-state index in [2.05, 4.69) is 4.98 Å². The molecule has 1 aliphatic rings. The van der Waals surface area contributed by atoms with E-state index in [1.807, 2.05) is 25.1 Å². The van der Waals surface area contributed by atoms with Gasteiger partial charge in [0.05, 0.1) is 24.0 Å². The summed E-state index contributed by atoms with van der Waals surface area (Å²) in [6.07, 6.45) is 2.17. The zero-order chi connectivity index (χ0) is 15.5. The first-order chi connectivity index (χ1) is 10.7. The van der Waals surface area contributed by atoms with Crippen LogP contribution in [0.2, 0.25) is 0 Å². The van der Waals surface area contributed by atoms with Gasteiger partial charge in [0.25, 0.3) is 0 Å². The molecule has 1 amide bonds. The maximum atomic E-state index is 12.0. The average molecular weight is 320 g/mol. The highest BCUT2D eigenvalue weighted by Gasteiger charge is 2.24. The molecule has 22 heavy (non-hydrogen) atoms. The zero-order valence-corrected chi connectivity index (χ0v) is 13.7. The number of fused-ring (bicyclic) bond motifs is 1. The van der Waals surface area contributed by atoms with Crippen LogP contribution in [0.4, 0.5) is 5.13 Å². The van der Waals surface area contributed by atoms with Gasteiger partial charge in [-0.1, -0.05) is 17.4 Å². The van der Waals surface area contributed by atoms with Gasteiger partial charge in [0.1, 0.15) is 11.3 Å². The minimum atomic E-state index is -0.00693. The van der Waals surface area contributed by atoms with Crippen molar-refractivity contribution in [2.75, 3.05) is 24.7 Å². The molecule has 0 aliphatic carbocycles. The van der Waals surface area contributed by atoms with Gasteiger partial charge in [-0.15, -0.1) is 0 Å². The van der Waals surface area contributed by atoms with Gasteiger partial charge in [-0.25, -0.2) is 4.98 Å². The Labute approximate surface area is 133 Å². The third-order valence-corrected chi connectivity index (χ3v) is 4.74. The van der Waals surface area contributed by atoms with Crippen molar-refractivity contribution in [3.8, 4) is 5.75 Å². The molecule has 118 valence electrons. The SMILES string of the molecule is CCOc1cccc2sc(N(CC3CCCO3)C(C)=O)nc12. The molecule has 0 N–H and O–H groups in total. The van der Waals surface area contributed by atoms with Crippen molar-refractivity contribution < 1.29 is 14.3 Å². The minimum Gasteiger partial charge on any atom is -0.492 e. The Balaban J connectivity index is 1.91. The van der Waals surface area contributed by atoms with E-state index in [1.54, 1.807) is 11.8 Å². The smallest absolute Gasteiger partial charge is 0.225 e. The Morgan fingerprint density at radius 3 is 3.09 bits per heavy atom. The molecule has 1 unspecified atom stereocenters. The molecular weight excluding hydrogens is 300 g/mol. The normalized spacial score (nSPS) is 17.8. The van der Waals surface area contributed by atoms with Gasteiger partial charge in [-0.05, 0) is 31.9 Å². The molecule has 2 aromatic rings. The lowest BCUT2D eigenvalue weighted by atomic mass is 10.2. The van der Waals surface area contributed by atoms with Crippen LogP contribution in [-0.2, 0) is 9.53 Å². The minimum absolute atomic E-state index is 0.00693. The van der Waals surface area contributed by atoms with Gasteiger partial charge in [0.15, 0.2) is 5.13 Å². The highest BCUT2D eigenvalue weighted by molar-refractivity contribution is 7.22. The molecule has 1 aromatic carbocycles. The predicted octanol–water partition coefficient (Wildman–Crippen LogP) is 3.23. The number of para-hydroxylation sites is 1. The standard InChI is InChI=1S/C16H20N2O3S/c1-3-20-13-7-4-8-14-15(13)17-16(22-14)18(11(2)19)10-12-6-5-9-21-12/h4,7-8,12H,3,5-6,9-10H2,1-2H3. The van der Waals surface area contributed by atoms with Crippen molar-refractivity contribution in [3.05, 3.63) is 18.2 Å². The average Bonchev–Trinajstić information content (AvgIpc) is 3.14. The van der Waals surface area contributed by atoms with Crippen LogP contribution in [0.5, 0.6) is 5.75 Å². The summed E-state index contributed by atoms with van der Waals surface area (Å²) in [4.78, 5) is 18.4. The largest absolute Gasteiger partial charge is 0.492 e. The van der Waals surface area contributed by atoms with Crippen LogP contribution in [0.25, 0.3) is 10.2 Å². The molecule has 1 aliphatic heterocycles. The third kappa shape index (κ3) is 3.08. The predicted molar refractivity (Wildman–Crippen MR) is 87.8 cm³/mol. The van der Waals surface area contributed by atoms with Crippen LogP contribution in [0, 0.1) is 0 Å². The second kappa shape index (κ2) is 6.62. The molecule has 0 bridgehead atoms. The van der Waals surface area contributed by atoms with Gasteiger partial charge in [-0.2, -0.15) is 0 Å². The Hall–Kier alpha value is -1.66. The van der Waals surface area contributed by atoms with E-state index >= 15 is 0 Å². The van der Waals surface area contributed by atoms with E-state index in [0.717, 1.165) is 35.4 Å². The van der Waals surface area contributed by atoms with Crippen LogP contribution in [-0.4, -0.2) is 36.8 Å². The van der Waals surface area contributed by atoms with E-state index < -0.39 is 0 Å². The van der Waals surface area contributed by atoms with Crippen LogP contribution in [0.1, 0.15) is 26.7 Å². The number of carbonyl (C=O) groups excluding carboxylic acids is 1. The number of rotatable bonds is 5. The first kappa shape index (κ1) is 15.2. The zero-order valence-electron chi connectivity index (χ0n) is 12.9. The Morgan fingerprint density at radius 1 is 1.55 bits per heavy atom. The number of thiazole rings is 1. The number of carbonyl (C=O) groups is 1. The molecule has 0 saturated carbocycles. The number of amides is 1. The van der Waals surface area contributed by atoms with Gasteiger partial charge < -0.3 is 9.47 Å². The summed E-state index contributed by atoms with van der Waals surface area (Å²) < 4.78 is 12.3. The topological polar surface area (TPSA) is 51.7 Å². The fourth-order valence-corrected chi connectivity index (χ4v) is 3.67. The maximum absolute atomic E-state index is 12.0. The third-order valence-electron chi connectivity index (χ3n) is 3.69. The summed E-state index contributed by atoms with van der Waals surface area (Å²) in [5.41, 5.74) is 0.822. The van der Waals surface area contributed by atoms with Crippen LogP contribution >= 0.6 is 11.3 Å². The summed E-state index contributed by atoms with van der Waals surface area (Å²) in [6.45, 7) is 5.47. The fourth-order valence-electron chi connectivity index (χ4n) is 2.63. The van der Waals surface area contributed by atoms with Crippen molar-refractivity contribution in [3.63, 3.8) is 0 Å². The highest BCUT2D eigenvalue weighted by Crippen LogP contribution is 2.34. The molecule has 1 atom stereocenters. The molecule has 1 fully saturated rings. The van der Waals surface area contributed by atoms with E-state index in [9.17, 15) is 4.79 Å². The molecule has 5 nitrogen and oxygen atoms in total. The lowest BCUT2D eigenvalue weighted by Crippen LogP contribution is -2.35. The molecular formula is C16H20N2O3S. The van der Waals surface area contributed by atoms with Gasteiger partial charge in [0, 0.05) is 13.5 Å². The lowest BCUT2D eigenvalue weighted by molar-refractivity contribution is -0.116. The Morgan fingerprint density at radius 2 is 2.41 bits per heavy atom. The lowest BCUT2D eigenvalue weighted by Gasteiger charge is -2.21. The van der Waals surface area contributed by atoms with Crippen molar-refractivity contribution in [2.45, 2.75) is 32.8 Å². The van der Waals surface area contributed by atoms with E-state index in [-0.39, 0.29) is 12.0 Å². The monoisotopic (exact) mass is 320 g/mol. The summed E-state index contributed by atoms with van der Waals surface area (Å²) in [5, 5.41) is 0.713. The summed E-state index contributed by atoms with van der Waals surface area (Å²) in [7, 11) is 0. The van der Waals surface area contributed by atoms with Gasteiger partial charge in [0.2, 0.25) is 5.91 Å². The van der Waals surface area contributed by atoms with E-state index in [0.29, 0.717) is 18.3 Å². The molecule has 6 heteroatoms. The van der Waals surface area contributed by atoms with Crippen LogP contribution < -0.4 is 9.64 Å². The number of ether oxygens (including phenoxy) is 2. The van der Waals surface area contributed by atoms with Gasteiger partial charge >= 0.3 is 0 Å². The summed E-state index contributed by atoms with van der Waals surface area (Å²) in [5.74, 6) is 0.760. The second-order valence-electron chi connectivity index (χ2n) is 5.30. The van der Waals surface area contributed by atoms with E-state index in [1.165, 1.54) is 11.3 Å². The number of benzene rings is 1. The quantitative estimate of drug-likeness (QED) is 0.849. The van der Waals surface area contributed by atoms with Crippen molar-refractivity contribution in [1.29, 1.82) is 0 Å². The Bertz CT molecular complexity index is 664. The number of hydrogen-bond donors (Lipinski definition) is 0. The molecule has 1 saturated heterocycles. The molecule has 3 rings (SSSR count). The first-order valence-corrected chi connectivity index (χ1v) is 8.42. The Kier molecular flexibility index (Phi) is 4.59. The first-order valence-electron chi connectivity index (χ1n) is 7.61. The van der Waals surface area contributed by atoms with Crippen molar-refractivity contribution in [1.82, 2.24) is 4.98 Å². The molecule has 1 aromatic heterocycles. The molecule has 0 radical (unpaired) electrons. The highest BCUT2D eigenvalue weighted by atomic mass is 32.1.